The molecule has 0 fully saturated rings. The molecule has 0 radical (unpaired) electrons. The van der Waals surface area contributed by atoms with Crippen molar-refractivity contribution in [3.63, 3.8) is 0 Å². The number of hydrogen-bond acceptors (Lipinski definition) is 6. The molecular weight excluding hydrogens is 418 g/mol. The highest BCUT2D eigenvalue weighted by atomic mass is 16.5. The van der Waals surface area contributed by atoms with Gasteiger partial charge in [0.25, 0.3) is 11.4 Å². The van der Waals surface area contributed by atoms with Crippen LogP contribution in [-0.2, 0) is 11.3 Å². The fourth-order valence-corrected chi connectivity index (χ4v) is 3.67. The Hall–Kier alpha value is -4.59. The zero-order valence-corrected chi connectivity index (χ0v) is 17.7. The maximum atomic E-state index is 13.0. The Balaban J connectivity index is 1.51. The van der Waals surface area contributed by atoms with Crippen LogP contribution < -0.4 is 10.9 Å². The van der Waals surface area contributed by atoms with Gasteiger partial charge in [0.15, 0.2) is 0 Å². The van der Waals surface area contributed by atoms with Gasteiger partial charge in [-0.05, 0) is 42.8 Å². The van der Waals surface area contributed by atoms with E-state index < -0.39 is 0 Å². The molecule has 3 aromatic heterocycles. The Morgan fingerprint density at radius 2 is 1.88 bits per heavy atom. The lowest BCUT2D eigenvalue weighted by molar-refractivity contribution is -0.116. The van der Waals surface area contributed by atoms with E-state index in [2.05, 4.69) is 20.4 Å². The lowest BCUT2D eigenvalue weighted by atomic mass is 10.1. The van der Waals surface area contributed by atoms with Crippen molar-refractivity contribution in [1.82, 2.24) is 19.7 Å². The summed E-state index contributed by atoms with van der Waals surface area (Å²) < 4.78 is 6.88. The van der Waals surface area contributed by atoms with Gasteiger partial charge < -0.3 is 9.84 Å². The summed E-state index contributed by atoms with van der Waals surface area (Å²) in [5.41, 5.74) is 3.03. The van der Waals surface area contributed by atoms with Crippen LogP contribution >= 0.6 is 0 Å². The van der Waals surface area contributed by atoms with Crippen molar-refractivity contribution >= 4 is 22.5 Å². The molecule has 1 amide bonds. The van der Waals surface area contributed by atoms with E-state index in [1.807, 2.05) is 55.5 Å². The average Bonchev–Trinajstić information content (AvgIpc) is 3.31. The predicted octanol–water partition coefficient (Wildman–Crippen LogP) is 4.06. The smallest absolute Gasteiger partial charge is 0.259 e. The van der Waals surface area contributed by atoms with Crippen molar-refractivity contribution in [2.45, 2.75) is 13.5 Å². The summed E-state index contributed by atoms with van der Waals surface area (Å²) in [6, 6.07) is 21.6. The molecule has 8 nitrogen and oxygen atoms in total. The molecule has 0 saturated carbocycles. The number of carbonyl (C=O) groups excluding carboxylic acids is 1. The van der Waals surface area contributed by atoms with Gasteiger partial charge in [0.1, 0.15) is 12.2 Å². The van der Waals surface area contributed by atoms with E-state index in [0.29, 0.717) is 28.3 Å². The quantitative estimate of drug-likeness (QED) is 0.445. The number of pyridine rings is 2. The van der Waals surface area contributed by atoms with E-state index in [0.717, 1.165) is 10.9 Å². The molecule has 0 aliphatic rings. The summed E-state index contributed by atoms with van der Waals surface area (Å²) >= 11 is 0. The monoisotopic (exact) mass is 437 g/mol. The zero-order valence-electron chi connectivity index (χ0n) is 17.7. The molecule has 0 aliphatic heterocycles. The number of amides is 1. The van der Waals surface area contributed by atoms with Gasteiger partial charge in [0, 0.05) is 23.3 Å². The van der Waals surface area contributed by atoms with Crippen molar-refractivity contribution in [2.24, 2.45) is 0 Å². The number of nitrogens with one attached hydrogen (secondary N) is 1. The summed E-state index contributed by atoms with van der Waals surface area (Å²) in [6.45, 7) is 1.82. The summed E-state index contributed by atoms with van der Waals surface area (Å²) in [5.74, 6) is 0.243. The minimum absolute atomic E-state index is 0.128. The van der Waals surface area contributed by atoms with Crippen molar-refractivity contribution < 1.29 is 9.32 Å². The number of para-hydroxylation sites is 1. The highest BCUT2D eigenvalue weighted by Crippen LogP contribution is 2.27. The number of benzene rings is 2. The second kappa shape index (κ2) is 8.51. The number of aryl methyl sites for hydroxylation is 1. The van der Waals surface area contributed by atoms with Crippen molar-refractivity contribution in [1.29, 1.82) is 0 Å². The first-order valence-corrected chi connectivity index (χ1v) is 10.3. The second-order valence-corrected chi connectivity index (χ2v) is 7.56. The van der Waals surface area contributed by atoms with Crippen LogP contribution in [0.2, 0.25) is 0 Å². The van der Waals surface area contributed by atoms with Crippen LogP contribution in [0.5, 0.6) is 0 Å². The summed E-state index contributed by atoms with van der Waals surface area (Å²) in [4.78, 5) is 34.4. The van der Waals surface area contributed by atoms with Gasteiger partial charge in [-0.1, -0.05) is 41.6 Å². The summed E-state index contributed by atoms with van der Waals surface area (Å²) in [6.07, 6.45) is 1.64. The van der Waals surface area contributed by atoms with E-state index in [1.165, 1.54) is 10.6 Å². The molecule has 162 valence electrons. The lowest BCUT2D eigenvalue weighted by Crippen LogP contribution is -2.27. The van der Waals surface area contributed by atoms with Crippen molar-refractivity contribution in [2.75, 3.05) is 5.32 Å². The number of carbonyl (C=O) groups is 1. The summed E-state index contributed by atoms with van der Waals surface area (Å²) in [7, 11) is 0. The number of hydrogen-bond donors (Lipinski definition) is 1. The lowest BCUT2D eigenvalue weighted by Gasteiger charge is -2.12. The first-order valence-electron chi connectivity index (χ1n) is 10.3. The van der Waals surface area contributed by atoms with Gasteiger partial charge >= 0.3 is 0 Å². The van der Waals surface area contributed by atoms with Gasteiger partial charge in [-0.15, -0.1) is 0 Å². The fraction of sp³-hybridized carbons (Fsp3) is 0.0800. The van der Waals surface area contributed by atoms with E-state index >= 15 is 0 Å². The Morgan fingerprint density at radius 1 is 1.03 bits per heavy atom. The highest BCUT2D eigenvalue weighted by molar-refractivity contribution is 5.95. The Kier molecular flexibility index (Phi) is 5.24. The maximum Gasteiger partial charge on any atom is 0.259 e. The van der Waals surface area contributed by atoms with E-state index in [-0.39, 0.29) is 23.9 Å². The molecule has 3 heterocycles. The first kappa shape index (κ1) is 20.3. The van der Waals surface area contributed by atoms with Crippen LogP contribution in [0.3, 0.4) is 0 Å². The molecule has 1 N–H and O–H groups in total. The number of rotatable bonds is 5. The molecule has 8 heteroatoms. The third-order valence-electron chi connectivity index (χ3n) is 5.17. The van der Waals surface area contributed by atoms with E-state index in [4.69, 9.17) is 4.52 Å². The Bertz CT molecular complexity index is 1520. The molecular formula is C25H19N5O3. The maximum absolute atomic E-state index is 13.0. The first-order chi connectivity index (χ1) is 16.1. The van der Waals surface area contributed by atoms with Crippen LogP contribution in [0.25, 0.3) is 33.9 Å². The minimum atomic E-state index is -0.347. The zero-order chi connectivity index (χ0) is 22.8. The third kappa shape index (κ3) is 4.14. The van der Waals surface area contributed by atoms with Gasteiger partial charge in [-0.2, -0.15) is 4.98 Å². The van der Waals surface area contributed by atoms with Crippen molar-refractivity contribution in [3.05, 3.63) is 94.9 Å². The topological polar surface area (TPSA) is 103 Å². The molecule has 0 unspecified atom stereocenters. The second-order valence-electron chi connectivity index (χ2n) is 7.56. The fourth-order valence-electron chi connectivity index (χ4n) is 3.67. The highest BCUT2D eigenvalue weighted by Gasteiger charge is 2.18. The number of fused-ring (bicyclic) bond motifs is 1. The van der Waals surface area contributed by atoms with Crippen LogP contribution in [0.4, 0.5) is 5.69 Å². The van der Waals surface area contributed by atoms with Crippen LogP contribution in [0.1, 0.15) is 5.56 Å². The van der Waals surface area contributed by atoms with E-state index in [1.54, 1.807) is 24.4 Å². The molecule has 0 bridgehead atoms. The van der Waals surface area contributed by atoms with Gasteiger partial charge in [-0.3, -0.25) is 19.1 Å². The Labute approximate surface area is 188 Å². The van der Waals surface area contributed by atoms with Crippen LogP contribution in [0.15, 0.2) is 88.3 Å². The molecule has 0 atom stereocenters. The molecule has 0 saturated heterocycles. The minimum Gasteiger partial charge on any atom is -0.334 e. The van der Waals surface area contributed by atoms with Crippen LogP contribution in [0, 0.1) is 6.92 Å². The SMILES string of the molecule is Cc1cccc(NC(=O)Cn2c(=O)cc(-c3nc(-c4ccccn4)no3)c3ccccc32)c1. The van der Waals surface area contributed by atoms with Crippen LogP contribution in [-0.4, -0.2) is 25.6 Å². The molecule has 5 rings (SSSR count). The number of nitrogens with zero attached hydrogens (tertiary/aromatic N) is 4. The van der Waals surface area contributed by atoms with E-state index in [9.17, 15) is 9.59 Å². The third-order valence-corrected chi connectivity index (χ3v) is 5.17. The van der Waals surface area contributed by atoms with Crippen molar-refractivity contribution in [3.8, 4) is 23.0 Å². The largest absolute Gasteiger partial charge is 0.334 e. The number of anilines is 1. The average molecular weight is 437 g/mol. The number of aromatic nitrogens is 4. The van der Waals surface area contributed by atoms with Gasteiger partial charge in [-0.25, -0.2) is 0 Å². The van der Waals surface area contributed by atoms with Gasteiger partial charge in [0.05, 0.1) is 11.1 Å². The standard InChI is InChI=1S/C25H19N5O3/c1-16-7-6-8-17(13-16)27-22(31)15-30-21-11-3-2-9-18(21)19(14-23(30)32)25-28-24(29-33-25)20-10-4-5-12-26-20/h2-14H,15H2,1H3,(H,27,31). The molecule has 0 aliphatic carbocycles. The normalized spacial score (nSPS) is 10.9. The molecule has 33 heavy (non-hydrogen) atoms. The van der Waals surface area contributed by atoms with Gasteiger partial charge in [0.2, 0.25) is 11.7 Å². The Morgan fingerprint density at radius 3 is 2.70 bits per heavy atom. The molecule has 2 aromatic carbocycles. The molecule has 5 aromatic rings. The predicted molar refractivity (Wildman–Crippen MR) is 125 cm³/mol. The summed E-state index contributed by atoms with van der Waals surface area (Å²) in [5, 5.41) is 7.57. The molecule has 0 spiro atoms.